The molecule has 1 aliphatic rings. The van der Waals surface area contributed by atoms with Crippen LogP contribution in [0.4, 0.5) is 0 Å². The molecular formula is C21H23N3O6S. The van der Waals surface area contributed by atoms with Crippen molar-refractivity contribution in [2.75, 3.05) is 26.3 Å². The van der Waals surface area contributed by atoms with E-state index in [9.17, 15) is 18.0 Å². The molecule has 3 heterocycles. The predicted octanol–water partition coefficient (Wildman–Crippen LogP) is 1.57. The van der Waals surface area contributed by atoms with Crippen LogP contribution in [0.3, 0.4) is 0 Å². The lowest BCUT2D eigenvalue weighted by Gasteiger charge is -2.26. The Balaban J connectivity index is 1.74. The van der Waals surface area contributed by atoms with Gasteiger partial charge in [-0.15, -0.1) is 0 Å². The second kappa shape index (κ2) is 8.66. The van der Waals surface area contributed by atoms with Crippen LogP contribution in [0.25, 0.3) is 10.9 Å². The lowest BCUT2D eigenvalue weighted by Crippen LogP contribution is -2.40. The highest BCUT2D eigenvalue weighted by atomic mass is 32.2. The van der Waals surface area contributed by atoms with Crippen molar-refractivity contribution in [3.63, 3.8) is 0 Å². The van der Waals surface area contributed by atoms with Gasteiger partial charge in [0.05, 0.1) is 36.4 Å². The highest BCUT2D eigenvalue weighted by molar-refractivity contribution is 7.89. The minimum absolute atomic E-state index is 0.0230. The molecule has 1 aliphatic heterocycles. The zero-order valence-electron chi connectivity index (χ0n) is 17.0. The molecule has 0 radical (unpaired) electrons. The van der Waals surface area contributed by atoms with Crippen LogP contribution in [0.2, 0.25) is 0 Å². The van der Waals surface area contributed by atoms with E-state index < -0.39 is 21.4 Å². The van der Waals surface area contributed by atoms with E-state index >= 15 is 0 Å². The molecule has 0 bridgehead atoms. The number of hydrogen-bond acceptors (Lipinski definition) is 6. The Morgan fingerprint density at radius 1 is 1.19 bits per heavy atom. The van der Waals surface area contributed by atoms with Gasteiger partial charge in [0.2, 0.25) is 15.5 Å². The van der Waals surface area contributed by atoms with Crippen molar-refractivity contribution in [2.45, 2.75) is 24.9 Å². The van der Waals surface area contributed by atoms with Gasteiger partial charge >= 0.3 is 0 Å². The lowest BCUT2D eigenvalue weighted by molar-refractivity contribution is 0.0730. The highest BCUT2D eigenvalue weighted by Crippen LogP contribution is 2.22. The molecule has 31 heavy (non-hydrogen) atoms. The maximum Gasteiger partial charge on any atom is 0.257 e. The number of fused-ring (bicyclic) bond motifs is 1. The number of carbonyl (C=O) groups excluding carboxylic acids is 1. The van der Waals surface area contributed by atoms with E-state index in [-0.39, 0.29) is 35.5 Å². The van der Waals surface area contributed by atoms with E-state index in [1.54, 1.807) is 22.8 Å². The number of pyridine rings is 1. The number of morpholine rings is 1. The topological polar surface area (TPSA) is 111 Å². The Hall–Kier alpha value is -2.95. The third-order valence-electron chi connectivity index (χ3n) is 5.25. The number of benzene rings is 1. The largest absolute Gasteiger partial charge is 0.467 e. The van der Waals surface area contributed by atoms with Crippen LogP contribution in [0.5, 0.6) is 0 Å². The summed E-state index contributed by atoms with van der Waals surface area (Å²) in [5.41, 5.74) is -0.00601. The molecule has 9 nitrogen and oxygen atoms in total. The zero-order valence-corrected chi connectivity index (χ0v) is 17.9. The number of carbonyl (C=O) groups is 1. The van der Waals surface area contributed by atoms with Crippen LogP contribution < -0.4 is 10.7 Å². The second-order valence-corrected chi connectivity index (χ2v) is 9.05. The molecule has 2 aromatic heterocycles. The number of aromatic nitrogens is 1. The number of amides is 1. The molecule has 164 valence electrons. The smallest absolute Gasteiger partial charge is 0.257 e. The molecule has 1 amide bonds. The Labute approximate surface area is 179 Å². The molecule has 1 fully saturated rings. The average molecular weight is 445 g/mol. The van der Waals surface area contributed by atoms with Crippen LogP contribution in [-0.2, 0) is 27.8 Å². The molecule has 0 atom stereocenters. The summed E-state index contributed by atoms with van der Waals surface area (Å²) >= 11 is 0. The van der Waals surface area contributed by atoms with Crippen molar-refractivity contribution in [2.24, 2.45) is 0 Å². The van der Waals surface area contributed by atoms with Crippen molar-refractivity contribution in [1.29, 1.82) is 0 Å². The molecule has 0 spiro atoms. The minimum atomic E-state index is -3.77. The normalized spacial score (nSPS) is 15.3. The van der Waals surface area contributed by atoms with Crippen LogP contribution in [0, 0.1) is 0 Å². The first kappa shape index (κ1) is 21.3. The summed E-state index contributed by atoms with van der Waals surface area (Å²) in [6.45, 7) is 3.70. The number of furan rings is 1. The van der Waals surface area contributed by atoms with Crippen molar-refractivity contribution >= 4 is 26.8 Å². The molecular weight excluding hydrogens is 422 g/mol. The minimum Gasteiger partial charge on any atom is -0.467 e. The van der Waals surface area contributed by atoms with Gasteiger partial charge in [-0.1, -0.05) is 0 Å². The Morgan fingerprint density at radius 3 is 2.65 bits per heavy atom. The summed E-state index contributed by atoms with van der Waals surface area (Å²) in [5.74, 6) is 0.00999. The van der Waals surface area contributed by atoms with E-state index in [0.717, 1.165) is 0 Å². The van der Waals surface area contributed by atoms with Crippen LogP contribution >= 0.6 is 0 Å². The van der Waals surface area contributed by atoms with Gasteiger partial charge in [0.1, 0.15) is 11.3 Å². The van der Waals surface area contributed by atoms with Gasteiger partial charge in [0.25, 0.3) is 5.91 Å². The van der Waals surface area contributed by atoms with Crippen molar-refractivity contribution in [1.82, 2.24) is 14.2 Å². The Bertz CT molecular complexity index is 1260. The van der Waals surface area contributed by atoms with E-state index in [1.807, 2.05) is 6.92 Å². The van der Waals surface area contributed by atoms with E-state index in [0.29, 0.717) is 31.0 Å². The van der Waals surface area contributed by atoms with Gasteiger partial charge in [0, 0.05) is 31.2 Å². The molecule has 1 saturated heterocycles. The average Bonchev–Trinajstić information content (AvgIpc) is 3.32. The van der Waals surface area contributed by atoms with E-state index in [2.05, 4.69) is 5.32 Å². The van der Waals surface area contributed by atoms with Crippen LogP contribution in [0.1, 0.15) is 23.0 Å². The first-order chi connectivity index (χ1) is 14.9. The predicted molar refractivity (Wildman–Crippen MR) is 113 cm³/mol. The molecule has 1 N–H and O–H groups in total. The van der Waals surface area contributed by atoms with Crippen molar-refractivity contribution in [3.05, 3.63) is 64.3 Å². The number of rotatable bonds is 6. The van der Waals surface area contributed by atoms with Gasteiger partial charge in [0.15, 0.2) is 0 Å². The number of nitrogens with zero attached hydrogens (tertiary/aromatic N) is 2. The molecule has 0 saturated carbocycles. The summed E-state index contributed by atoms with van der Waals surface area (Å²) in [5, 5.41) is 2.85. The second-order valence-electron chi connectivity index (χ2n) is 7.12. The molecule has 4 rings (SSSR count). The van der Waals surface area contributed by atoms with Gasteiger partial charge < -0.3 is 19.0 Å². The molecule has 1 aromatic carbocycles. The van der Waals surface area contributed by atoms with E-state index in [4.69, 9.17) is 9.15 Å². The number of aryl methyl sites for hydroxylation is 1. The highest BCUT2D eigenvalue weighted by Gasteiger charge is 2.27. The van der Waals surface area contributed by atoms with Gasteiger partial charge in [-0.25, -0.2) is 8.42 Å². The third kappa shape index (κ3) is 4.14. The quantitative estimate of drug-likeness (QED) is 0.617. The molecule has 0 unspecified atom stereocenters. The van der Waals surface area contributed by atoms with Crippen molar-refractivity contribution < 1.29 is 22.4 Å². The maximum atomic E-state index is 13.1. The summed E-state index contributed by atoms with van der Waals surface area (Å²) in [6.07, 6.45) is 3.00. The van der Waals surface area contributed by atoms with Crippen LogP contribution in [0.15, 0.2) is 56.9 Å². The van der Waals surface area contributed by atoms with Crippen LogP contribution in [-0.4, -0.2) is 49.5 Å². The number of hydrogen-bond donors (Lipinski definition) is 1. The summed E-state index contributed by atoms with van der Waals surface area (Å²) < 4.78 is 39.6. The first-order valence-electron chi connectivity index (χ1n) is 9.97. The fraction of sp³-hybridized carbons (Fsp3) is 0.333. The first-order valence-corrected chi connectivity index (χ1v) is 11.4. The number of sulfonamides is 1. The number of ether oxygens (including phenoxy) is 1. The third-order valence-corrected chi connectivity index (χ3v) is 7.14. The zero-order chi connectivity index (χ0) is 22.0. The van der Waals surface area contributed by atoms with E-state index in [1.165, 1.54) is 28.9 Å². The fourth-order valence-electron chi connectivity index (χ4n) is 3.57. The van der Waals surface area contributed by atoms with Gasteiger partial charge in [-0.3, -0.25) is 9.59 Å². The van der Waals surface area contributed by atoms with Gasteiger partial charge in [-0.05, 0) is 37.3 Å². The lowest BCUT2D eigenvalue weighted by atomic mass is 10.1. The van der Waals surface area contributed by atoms with Crippen molar-refractivity contribution in [3.8, 4) is 0 Å². The standard InChI is InChI=1S/C21H23N3O6S/c1-2-23-14-18(21(26)22-13-15-4-3-9-30-15)20(25)17-12-16(5-6-19(17)23)31(27,28)24-7-10-29-11-8-24/h3-6,9,12,14H,2,7-8,10-11,13H2,1H3,(H,22,26). The molecule has 0 aliphatic carbocycles. The Kier molecular flexibility index (Phi) is 5.94. The SMILES string of the molecule is CCn1cc(C(=O)NCc2ccco2)c(=O)c2cc(S(=O)(=O)N3CCOCC3)ccc21. The molecule has 10 heteroatoms. The summed E-state index contributed by atoms with van der Waals surface area (Å²) in [4.78, 5) is 25.8. The monoisotopic (exact) mass is 445 g/mol. The molecule has 3 aromatic rings. The fourth-order valence-corrected chi connectivity index (χ4v) is 5.01. The maximum absolute atomic E-state index is 13.1. The number of nitrogens with one attached hydrogen (secondary N) is 1. The summed E-state index contributed by atoms with van der Waals surface area (Å²) in [7, 11) is -3.77. The Morgan fingerprint density at radius 2 is 1.97 bits per heavy atom. The van der Waals surface area contributed by atoms with Gasteiger partial charge in [-0.2, -0.15) is 4.31 Å². The summed E-state index contributed by atoms with van der Waals surface area (Å²) in [6, 6.07) is 7.89.